The Morgan fingerprint density at radius 3 is 2.81 bits per heavy atom. The quantitative estimate of drug-likeness (QED) is 0.759. The van der Waals surface area contributed by atoms with Crippen molar-refractivity contribution in [2.75, 3.05) is 5.75 Å². The lowest BCUT2D eigenvalue weighted by molar-refractivity contribution is 0.244. The third-order valence-corrected chi connectivity index (χ3v) is 5.53. The number of thioether (sulfide) groups is 1. The van der Waals surface area contributed by atoms with E-state index >= 15 is 0 Å². The Labute approximate surface area is 103 Å². The Kier molecular flexibility index (Phi) is 2.90. The molecular weight excluding hydrogens is 216 g/mol. The lowest BCUT2D eigenvalue weighted by atomic mass is 9.79. The fourth-order valence-corrected chi connectivity index (χ4v) is 4.37. The van der Waals surface area contributed by atoms with E-state index in [0.717, 1.165) is 5.92 Å². The zero-order chi connectivity index (χ0) is 11.0. The largest absolute Gasteiger partial charge is 0.360 e. The molecule has 0 amide bonds. The van der Waals surface area contributed by atoms with Crippen LogP contribution in [-0.2, 0) is 0 Å². The Morgan fingerprint density at radius 1 is 1.25 bits per heavy atom. The van der Waals surface area contributed by atoms with Gasteiger partial charge in [-0.05, 0) is 44.9 Å². The minimum atomic E-state index is 0.368. The molecule has 3 heteroatoms. The summed E-state index contributed by atoms with van der Waals surface area (Å²) >= 11 is 1.96. The van der Waals surface area contributed by atoms with Gasteiger partial charge in [0, 0.05) is 11.3 Å². The Morgan fingerprint density at radius 2 is 2.06 bits per heavy atom. The average molecular weight is 238 g/mol. The summed E-state index contributed by atoms with van der Waals surface area (Å²) in [6.45, 7) is 2.34. The van der Waals surface area contributed by atoms with Crippen LogP contribution >= 0.6 is 11.8 Å². The van der Waals surface area contributed by atoms with E-state index in [2.05, 4.69) is 12.2 Å². The second-order valence-electron chi connectivity index (χ2n) is 5.90. The van der Waals surface area contributed by atoms with E-state index in [1.807, 2.05) is 11.8 Å². The first-order chi connectivity index (χ1) is 7.75. The van der Waals surface area contributed by atoms with Gasteiger partial charge in [0.1, 0.15) is 0 Å². The van der Waals surface area contributed by atoms with Crippen molar-refractivity contribution in [1.29, 1.82) is 0 Å². The van der Waals surface area contributed by atoms with E-state index in [1.165, 1.54) is 55.9 Å². The summed E-state index contributed by atoms with van der Waals surface area (Å²) in [6, 6.07) is 0.640. The van der Waals surface area contributed by atoms with Crippen molar-refractivity contribution in [2.45, 2.75) is 63.5 Å². The van der Waals surface area contributed by atoms with Gasteiger partial charge in [0.2, 0.25) is 0 Å². The first-order valence-electron chi connectivity index (χ1n) is 6.74. The summed E-state index contributed by atoms with van der Waals surface area (Å²) in [5.41, 5.74) is 0.368. The molecule has 0 aromatic rings. The zero-order valence-electron chi connectivity index (χ0n) is 10.2. The molecule has 0 radical (unpaired) electrons. The fourth-order valence-electron chi connectivity index (χ4n) is 3.08. The van der Waals surface area contributed by atoms with Crippen LogP contribution in [0.3, 0.4) is 0 Å². The summed E-state index contributed by atoms with van der Waals surface area (Å²) in [6.07, 6.45) is 9.57. The Hall–Kier alpha value is -0.180. The molecule has 1 N–H and O–H groups in total. The van der Waals surface area contributed by atoms with Gasteiger partial charge in [0.05, 0.1) is 6.04 Å². The van der Waals surface area contributed by atoms with E-state index in [1.54, 1.807) is 0 Å². The van der Waals surface area contributed by atoms with Crippen LogP contribution in [0.4, 0.5) is 0 Å². The zero-order valence-corrected chi connectivity index (χ0v) is 11.0. The van der Waals surface area contributed by atoms with Crippen molar-refractivity contribution in [1.82, 2.24) is 5.32 Å². The molecule has 1 aliphatic heterocycles. The fraction of sp³-hybridized carbons (Fsp3) is 0.923. The van der Waals surface area contributed by atoms with Crippen molar-refractivity contribution in [3.8, 4) is 0 Å². The number of aliphatic imine (C=N–C) groups is 1. The number of hydrogen-bond donors (Lipinski definition) is 1. The molecule has 90 valence electrons. The van der Waals surface area contributed by atoms with Crippen molar-refractivity contribution >= 4 is 16.9 Å². The van der Waals surface area contributed by atoms with Gasteiger partial charge < -0.3 is 5.32 Å². The maximum atomic E-state index is 4.94. The van der Waals surface area contributed by atoms with Crippen LogP contribution in [0.15, 0.2) is 4.99 Å². The van der Waals surface area contributed by atoms with Crippen molar-refractivity contribution < 1.29 is 0 Å². The van der Waals surface area contributed by atoms with Crippen LogP contribution in [0, 0.1) is 5.92 Å². The molecule has 0 aromatic carbocycles. The number of amidine groups is 1. The molecule has 0 aromatic heterocycles. The monoisotopic (exact) mass is 238 g/mol. The highest BCUT2D eigenvalue weighted by Crippen LogP contribution is 2.36. The molecule has 0 bridgehead atoms. The van der Waals surface area contributed by atoms with Crippen LogP contribution in [-0.4, -0.2) is 22.5 Å². The molecule has 16 heavy (non-hydrogen) atoms. The highest BCUT2D eigenvalue weighted by atomic mass is 32.2. The van der Waals surface area contributed by atoms with Gasteiger partial charge in [-0.2, -0.15) is 0 Å². The standard InChI is InChI=1S/C13H22N2S/c1-13(7-4-8-13)15-12-14-11-6-3-2-5-10(11)9-16-12/h10-11H,2-9H2,1H3,(H,14,15). The Balaban J connectivity index is 1.65. The van der Waals surface area contributed by atoms with Crippen LogP contribution in [0.2, 0.25) is 0 Å². The lowest BCUT2D eigenvalue weighted by Crippen LogP contribution is -2.51. The SMILES string of the molecule is CC1(NC2=NC3CCCCC3CS2)CCC1. The van der Waals surface area contributed by atoms with Crippen LogP contribution in [0.1, 0.15) is 51.9 Å². The summed E-state index contributed by atoms with van der Waals surface area (Å²) in [4.78, 5) is 4.94. The molecule has 0 spiro atoms. The predicted molar refractivity (Wildman–Crippen MR) is 71.0 cm³/mol. The number of rotatable bonds is 1. The maximum Gasteiger partial charge on any atom is 0.157 e. The number of nitrogens with one attached hydrogen (secondary N) is 1. The predicted octanol–water partition coefficient (Wildman–Crippen LogP) is 3.18. The van der Waals surface area contributed by atoms with Crippen molar-refractivity contribution in [3.05, 3.63) is 0 Å². The van der Waals surface area contributed by atoms with Gasteiger partial charge in [-0.1, -0.05) is 24.6 Å². The number of nitrogens with zero attached hydrogens (tertiary/aromatic N) is 1. The van der Waals surface area contributed by atoms with Crippen LogP contribution in [0.25, 0.3) is 0 Å². The van der Waals surface area contributed by atoms with Crippen molar-refractivity contribution in [3.63, 3.8) is 0 Å². The Bertz CT molecular complexity index is 296. The van der Waals surface area contributed by atoms with E-state index in [4.69, 9.17) is 4.99 Å². The number of fused-ring (bicyclic) bond motifs is 1. The minimum absolute atomic E-state index is 0.368. The van der Waals surface area contributed by atoms with Gasteiger partial charge in [-0.25, -0.2) is 0 Å². The van der Waals surface area contributed by atoms with E-state index < -0.39 is 0 Å². The second kappa shape index (κ2) is 4.25. The van der Waals surface area contributed by atoms with Gasteiger partial charge in [0.15, 0.2) is 5.17 Å². The molecule has 1 heterocycles. The van der Waals surface area contributed by atoms with Gasteiger partial charge >= 0.3 is 0 Å². The summed E-state index contributed by atoms with van der Waals surface area (Å²) in [5.74, 6) is 2.17. The molecule has 3 aliphatic rings. The molecule has 3 rings (SSSR count). The number of hydrogen-bond acceptors (Lipinski definition) is 3. The first-order valence-corrected chi connectivity index (χ1v) is 7.73. The second-order valence-corrected chi connectivity index (χ2v) is 6.91. The lowest BCUT2D eigenvalue weighted by Gasteiger charge is -2.42. The third kappa shape index (κ3) is 2.11. The van der Waals surface area contributed by atoms with Gasteiger partial charge in [-0.3, -0.25) is 4.99 Å². The molecule has 0 saturated heterocycles. The molecular formula is C13H22N2S. The summed E-state index contributed by atoms with van der Waals surface area (Å²) in [5, 5.41) is 4.92. The highest BCUT2D eigenvalue weighted by molar-refractivity contribution is 8.13. The molecule has 2 unspecified atom stereocenters. The molecule has 2 atom stereocenters. The van der Waals surface area contributed by atoms with Crippen molar-refractivity contribution in [2.24, 2.45) is 10.9 Å². The van der Waals surface area contributed by atoms with E-state index in [9.17, 15) is 0 Å². The normalized spacial score (nSPS) is 36.9. The topological polar surface area (TPSA) is 24.4 Å². The molecule has 2 nitrogen and oxygen atoms in total. The molecule has 2 fully saturated rings. The third-order valence-electron chi connectivity index (χ3n) is 4.45. The highest BCUT2D eigenvalue weighted by Gasteiger charge is 2.35. The van der Waals surface area contributed by atoms with Crippen LogP contribution < -0.4 is 5.32 Å². The molecule has 2 saturated carbocycles. The maximum absolute atomic E-state index is 4.94. The van der Waals surface area contributed by atoms with Gasteiger partial charge in [-0.15, -0.1) is 0 Å². The minimum Gasteiger partial charge on any atom is -0.360 e. The average Bonchev–Trinajstić information content (AvgIpc) is 2.27. The van der Waals surface area contributed by atoms with E-state index in [0.29, 0.717) is 11.6 Å². The smallest absolute Gasteiger partial charge is 0.157 e. The van der Waals surface area contributed by atoms with Crippen LogP contribution in [0.5, 0.6) is 0 Å². The van der Waals surface area contributed by atoms with Gasteiger partial charge in [0.25, 0.3) is 0 Å². The summed E-state index contributed by atoms with van der Waals surface area (Å²) in [7, 11) is 0. The summed E-state index contributed by atoms with van der Waals surface area (Å²) < 4.78 is 0. The first kappa shape index (κ1) is 10.9. The molecule has 2 aliphatic carbocycles. The van der Waals surface area contributed by atoms with E-state index in [-0.39, 0.29) is 0 Å².